The number of hydrazone groups is 1. The van der Waals surface area contributed by atoms with Gasteiger partial charge >= 0.3 is 11.8 Å². The summed E-state index contributed by atoms with van der Waals surface area (Å²) < 4.78 is 18.4. The summed E-state index contributed by atoms with van der Waals surface area (Å²) in [6.45, 7) is 0.0715. The van der Waals surface area contributed by atoms with Crippen LogP contribution >= 0.6 is 11.6 Å². The Bertz CT molecular complexity index is 681. The van der Waals surface area contributed by atoms with Crippen molar-refractivity contribution in [2.24, 2.45) is 5.10 Å². The minimum Gasteiger partial charge on any atom is -0.467 e. The van der Waals surface area contributed by atoms with E-state index in [1.54, 1.807) is 12.1 Å². The molecule has 2 N–H and O–H groups in total. The van der Waals surface area contributed by atoms with Gasteiger partial charge < -0.3 is 9.73 Å². The predicted octanol–water partition coefficient (Wildman–Crippen LogP) is 1.84. The van der Waals surface area contributed by atoms with Gasteiger partial charge in [-0.2, -0.15) is 5.10 Å². The van der Waals surface area contributed by atoms with Crippen LogP contribution in [0.4, 0.5) is 4.39 Å². The van der Waals surface area contributed by atoms with E-state index in [0.717, 1.165) is 6.21 Å². The Labute approximate surface area is 129 Å². The fraction of sp³-hybridized carbons (Fsp3) is 0.0714. The van der Waals surface area contributed by atoms with Crippen molar-refractivity contribution in [2.45, 2.75) is 6.54 Å². The topological polar surface area (TPSA) is 83.7 Å². The van der Waals surface area contributed by atoms with Crippen molar-refractivity contribution in [1.29, 1.82) is 0 Å². The highest BCUT2D eigenvalue weighted by atomic mass is 35.5. The van der Waals surface area contributed by atoms with E-state index in [0.29, 0.717) is 5.76 Å². The van der Waals surface area contributed by atoms with Crippen LogP contribution in [0.15, 0.2) is 46.1 Å². The lowest BCUT2D eigenvalue weighted by molar-refractivity contribution is -0.139. The van der Waals surface area contributed by atoms with E-state index in [9.17, 15) is 14.0 Å². The molecule has 0 atom stereocenters. The van der Waals surface area contributed by atoms with Crippen molar-refractivity contribution < 1.29 is 18.4 Å². The van der Waals surface area contributed by atoms with E-state index in [4.69, 9.17) is 16.0 Å². The van der Waals surface area contributed by atoms with Crippen molar-refractivity contribution in [3.05, 3.63) is 58.8 Å². The van der Waals surface area contributed by atoms with E-state index in [1.165, 1.54) is 24.5 Å². The first-order valence-electron chi connectivity index (χ1n) is 6.15. The van der Waals surface area contributed by atoms with Crippen molar-refractivity contribution >= 4 is 29.6 Å². The van der Waals surface area contributed by atoms with Crippen LogP contribution in [0.1, 0.15) is 11.3 Å². The molecule has 0 saturated carbocycles. The highest BCUT2D eigenvalue weighted by molar-refractivity contribution is 6.35. The van der Waals surface area contributed by atoms with E-state index >= 15 is 0 Å². The first-order valence-corrected chi connectivity index (χ1v) is 6.53. The van der Waals surface area contributed by atoms with Gasteiger partial charge in [-0.05, 0) is 24.3 Å². The minimum atomic E-state index is -0.990. The Hall–Kier alpha value is -2.67. The quantitative estimate of drug-likeness (QED) is 0.511. The molecule has 1 aromatic carbocycles. The molecule has 1 heterocycles. The molecule has 114 valence electrons. The number of nitrogens with one attached hydrogen (secondary N) is 2. The highest BCUT2D eigenvalue weighted by Crippen LogP contribution is 2.16. The summed E-state index contributed by atoms with van der Waals surface area (Å²) in [7, 11) is 0. The zero-order valence-corrected chi connectivity index (χ0v) is 11.9. The number of amides is 2. The molecule has 1 aromatic heterocycles. The Morgan fingerprint density at radius 3 is 2.77 bits per heavy atom. The first kappa shape index (κ1) is 15.7. The summed E-state index contributed by atoms with van der Waals surface area (Å²) in [5.41, 5.74) is 1.99. The Balaban J connectivity index is 1.86. The van der Waals surface area contributed by atoms with Crippen LogP contribution in [-0.4, -0.2) is 18.0 Å². The van der Waals surface area contributed by atoms with Gasteiger partial charge in [0.2, 0.25) is 0 Å². The molecular weight excluding hydrogens is 313 g/mol. The molecule has 2 aromatic rings. The van der Waals surface area contributed by atoms with Crippen LogP contribution in [0.5, 0.6) is 0 Å². The fourth-order valence-corrected chi connectivity index (χ4v) is 1.71. The standard InChI is InChI=1S/C14H11ClFN3O3/c15-11-4-1-5-12(16)10(11)8-18-19-14(21)13(20)17-7-9-3-2-6-22-9/h1-6,8H,7H2,(H,17,20)(H,19,21)/b18-8-. The molecule has 0 unspecified atom stereocenters. The van der Waals surface area contributed by atoms with E-state index in [2.05, 4.69) is 10.4 Å². The lowest BCUT2D eigenvalue weighted by Crippen LogP contribution is -2.37. The van der Waals surface area contributed by atoms with Crippen LogP contribution in [0.25, 0.3) is 0 Å². The van der Waals surface area contributed by atoms with Gasteiger partial charge in [0, 0.05) is 5.56 Å². The number of benzene rings is 1. The molecule has 0 spiro atoms. The normalized spacial score (nSPS) is 10.6. The largest absolute Gasteiger partial charge is 0.467 e. The Morgan fingerprint density at radius 2 is 2.09 bits per heavy atom. The monoisotopic (exact) mass is 323 g/mol. The number of furan rings is 1. The van der Waals surface area contributed by atoms with E-state index in [1.807, 2.05) is 5.43 Å². The molecule has 8 heteroatoms. The second-order valence-electron chi connectivity index (χ2n) is 4.10. The average molecular weight is 324 g/mol. The summed E-state index contributed by atoms with van der Waals surface area (Å²) in [4.78, 5) is 22.9. The Kier molecular flexibility index (Phi) is 5.26. The van der Waals surface area contributed by atoms with Crippen LogP contribution in [0, 0.1) is 5.82 Å². The number of nitrogens with zero attached hydrogens (tertiary/aromatic N) is 1. The van der Waals surface area contributed by atoms with Gasteiger partial charge in [-0.3, -0.25) is 9.59 Å². The molecular formula is C14H11ClFN3O3. The van der Waals surface area contributed by atoms with Gasteiger partial charge in [-0.15, -0.1) is 0 Å². The molecule has 0 aliphatic heterocycles. The first-order chi connectivity index (χ1) is 10.6. The van der Waals surface area contributed by atoms with Crippen molar-refractivity contribution in [2.75, 3.05) is 0 Å². The molecule has 0 radical (unpaired) electrons. The summed E-state index contributed by atoms with van der Waals surface area (Å²) in [5, 5.41) is 5.97. The van der Waals surface area contributed by atoms with Crippen LogP contribution in [0.2, 0.25) is 5.02 Å². The smallest absolute Gasteiger partial charge is 0.329 e. The summed E-state index contributed by atoms with van der Waals surface area (Å²) in [5.74, 6) is -1.97. The molecule has 0 aliphatic rings. The van der Waals surface area contributed by atoms with Gasteiger partial charge in [0.25, 0.3) is 0 Å². The number of hydrogen-bond acceptors (Lipinski definition) is 4. The number of carbonyl (C=O) groups excluding carboxylic acids is 2. The van der Waals surface area contributed by atoms with Crippen molar-refractivity contribution in [3.63, 3.8) is 0 Å². The predicted molar refractivity (Wildman–Crippen MR) is 77.7 cm³/mol. The Morgan fingerprint density at radius 1 is 1.27 bits per heavy atom. The average Bonchev–Trinajstić information content (AvgIpc) is 3.01. The van der Waals surface area contributed by atoms with E-state index < -0.39 is 17.6 Å². The second kappa shape index (κ2) is 7.37. The molecule has 2 amide bonds. The lowest BCUT2D eigenvalue weighted by Gasteiger charge is -2.02. The summed E-state index contributed by atoms with van der Waals surface area (Å²) in [6, 6.07) is 7.42. The third-order valence-corrected chi connectivity index (χ3v) is 2.90. The molecule has 22 heavy (non-hydrogen) atoms. The third-order valence-electron chi connectivity index (χ3n) is 2.57. The fourth-order valence-electron chi connectivity index (χ4n) is 1.50. The highest BCUT2D eigenvalue weighted by Gasteiger charge is 2.12. The second-order valence-corrected chi connectivity index (χ2v) is 4.50. The maximum absolute atomic E-state index is 13.4. The van der Waals surface area contributed by atoms with Crippen LogP contribution < -0.4 is 10.7 Å². The van der Waals surface area contributed by atoms with Gasteiger partial charge in [0.05, 0.1) is 24.0 Å². The zero-order valence-electron chi connectivity index (χ0n) is 11.2. The summed E-state index contributed by atoms with van der Waals surface area (Å²) >= 11 is 5.78. The molecule has 0 bridgehead atoms. The van der Waals surface area contributed by atoms with Crippen LogP contribution in [0.3, 0.4) is 0 Å². The molecule has 2 rings (SSSR count). The number of carbonyl (C=O) groups is 2. The maximum Gasteiger partial charge on any atom is 0.329 e. The number of halogens is 2. The van der Waals surface area contributed by atoms with Crippen molar-refractivity contribution in [3.8, 4) is 0 Å². The minimum absolute atomic E-state index is 0.0143. The molecule has 0 saturated heterocycles. The van der Waals surface area contributed by atoms with Gasteiger partial charge in [0.15, 0.2) is 0 Å². The van der Waals surface area contributed by atoms with Gasteiger partial charge in [-0.1, -0.05) is 17.7 Å². The lowest BCUT2D eigenvalue weighted by atomic mass is 10.2. The van der Waals surface area contributed by atoms with E-state index in [-0.39, 0.29) is 17.1 Å². The molecule has 6 nitrogen and oxygen atoms in total. The van der Waals surface area contributed by atoms with Crippen LogP contribution in [-0.2, 0) is 16.1 Å². The van der Waals surface area contributed by atoms with Gasteiger partial charge in [0.1, 0.15) is 11.6 Å². The number of hydrogen-bond donors (Lipinski definition) is 2. The maximum atomic E-state index is 13.4. The zero-order chi connectivity index (χ0) is 15.9. The molecule has 0 aliphatic carbocycles. The van der Waals surface area contributed by atoms with Gasteiger partial charge in [-0.25, -0.2) is 9.82 Å². The molecule has 0 fully saturated rings. The number of rotatable bonds is 4. The SMILES string of the molecule is O=C(NCc1ccco1)C(=O)N/N=C\c1c(F)cccc1Cl. The summed E-state index contributed by atoms with van der Waals surface area (Å²) in [6.07, 6.45) is 2.47. The third kappa shape index (κ3) is 4.16. The van der Waals surface area contributed by atoms with Crippen molar-refractivity contribution in [1.82, 2.24) is 10.7 Å².